The number of urea groups is 1. The number of piperidine rings is 1. The molecule has 146 valence electrons. The van der Waals surface area contributed by atoms with E-state index in [0.717, 1.165) is 17.5 Å². The van der Waals surface area contributed by atoms with E-state index in [-0.39, 0.29) is 12.0 Å². The van der Waals surface area contributed by atoms with Crippen molar-refractivity contribution in [2.24, 2.45) is 0 Å². The number of carbonyl (C=O) groups excluding carboxylic acids is 1. The molecule has 2 heterocycles. The molecule has 2 aliphatic rings. The molecule has 0 saturated carbocycles. The van der Waals surface area contributed by atoms with Crippen molar-refractivity contribution in [2.45, 2.75) is 43.9 Å². The number of likely N-dealkylation sites (N-methyl/N-ethyl adjacent to an activating group) is 1. The van der Waals surface area contributed by atoms with E-state index in [1.54, 1.807) is 0 Å². The molecule has 1 aliphatic heterocycles. The number of benzene rings is 1. The van der Waals surface area contributed by atoms with Gasteiger partial charge in [-0.1, -0.05) is 12.1 Å². The maximum atomic E-state index is 12.8. The van der Waals surface area contributed by atoms with Crippen LogP contribution in [-0.4, -0.2) is 59.6 Å². The van der Waals surface area contributed by atoms with Gasteiger partial charge in [-0.15, -0.1) is 0 Å². The zero-order chi connectivity index (χ0) is 19.3. The summed E-state index contributed by atoms with van der Waals surface area (Å²) < 4.78 is 51.0. The molecule has 2 amide bonds. The minimum atomic E-state index is -3.55. The molecule has 2 aromatic rings. The third kappa shape index (κ3) is 3.03. The zero-order valence-electron chi connectivity index (χ0n) is 14.6. The van der Waals surface area contributed by atoms with Gasteiger partial charge in [0.2, 0.25) is 0 Å². The minimum Gasteiger partial charge on any atom is -0.361 e. The molecule has 5 nitrogen and oxygen atoms in total. The van der Waals surface area contributed by atoms with Crippen molar-refractivity contribution in [3.05, 3.63) is 35.5 Å². The number of likely N-dealkylation sites (tertiary alicyclic amines) is 1. The maximum Gasteiger partial charge on any atom is 0.326 e. The highest BCUT2D eigenvalue weighted by molar-refractivity contribution is 5.88. The van der Waals surface area contributed by atoms with Crippen LogP contribution in [-0.2, 0) is 6.42 Å². The van der Waals surface area contributed by atoms with Crippen LogP contribution in [0.5, 0.6) is 0 Å². The number of nitrogens with zero attached hydrogens (tertiary/aromatic N) is 2. The molecular weight excluding hydrogens is 364 g/mol. The molecule has 27 heavy (non-hydrogen) atoms. The molecule has 3 atom stereocenters. The van der Waals surface area contributed by atoms with Crippen LogP contribution in [0, 0.1) is 0 Å². The summed E-state index contributed by atoms with van der Waals surface area (Å²) in [5.41, 5.74) is 3.42. The maximum absolute atomic E-state index is 12.8. The van der Waals surface area contributed by atoms with Crippen molar-refractivity contribution in [3.63, 3.8) is 0 Å². The number of aromatic nitrogens is 1. The highest BCUT2D eigenvalue weighted by atomic mass is 19.3. The number of aromatic amines is 1. The van der Waals surface area contributed by atoms with Crippen LogP contribution >= 0.6 is 0 Å². The van der Waals surface area contributed by atoms with Gasteiger partial charge in [0.1, 0.15) is 0 Å². The van der Waals surface area contributed by atoms with Gasteiger partial charge in [0.15, 0.2) is 0 Å². The average Bonchev–Trinajstić information content (AvgIpc) is 3.00. The van der Waals surface area contributed by atoms with Crippen molar-refractivity contribution in [3.8, 4) is 0 Å². The lowest BCUT2D eigenvalue weighted by atomic mass is 9.74. The van der Waals surface area contributed by atoms with E-state index in [2.05, 4.69) is 15.2 Å². The third-order valence-corrected chi connectivity index (χ3v) is 5.71. The number of fused-ring (bicyclic) bond motifs is 2. The minimum absolute atomic E-state index is 0.0904. The summed E-state index contributed by atoms with van der Waals surface area (Å²) in [6, 6.07) is 4.29. The number of rotatable bonds is 3. The van der Waals surface area contributed by atoms with Gasteiger partial charge in [0, 0.05) is 41.6 Å². The fraction of sp³-hybridized carbons (Fsp3) is 0.500. The first-order chi connectivity index (χ1) is 12.9. The first-order valence-corrected chi connectivity index (χ1v) is 8.81. The number of halogens is 4. The van der Waals surface area contributed by atoms with Crippen molar-refractivity contribution < 1.29 is 22.4 Å². The predicted molar refractivity (Wildman–Crippen MR) is 91.9 cm³/mol. The Morgan fingerprint density at radius 3 is 2.74 bits per heavy atom. The van der Waals surface area contributed by atoms with E-state index in [1.807, 2.05) is 31.4 Å². The SMILES string of the molecule is CN1CC(NC(=O)N(C(F)F)C(F)F)CC2c3cccc4[nH]cc(c34)CC21. The van der Waals surface area contributed by atoms with Gasteiger partial charge < -0.3 is 15.2 Å². The Morgan fingerprint density at radius 2 is 2.04 bits per heavy atom. The van der Waals surface area contributed by atoms with E-state index in [4.69, 9.17) is 0 Å². The normalized spacial score (nSPS) is 25.1. The predicted octanol–water partition coefficient (Wildman–Crippen LogP) is 3.34. The molecule has 1 saturated heterocycles. The Bertz CT molecular complexity index is 847. The summed E-state index contributed by atoms with van der Waals surface area (Å²) in [5.74, 6) is 0.0904. The standard InChI is InChI=1S/C18H20F4N4O/c1-25-8-10(24-18(27)26(16(19)20)17(21)22)6-12-11-3-2-4-13-15(11)9(7-23-13)5-14(12)25/h2-4,7,10,12,14,16-17,23H,5-6,8H2,1H3,(H,24,27). The van der Waals surface area contributed by atoms with Crippen LogP contribution in [0.2, 0.25) is 0 Å². The molecule has 9 heteroatoms. The number of alkyl halides is 4. The van der Waals surface area contributed by atoms with Gasteiger partial charge in [0.05, 0.1) is 0 Å². The van der Waals surface area contributed by atoms with Crippen LogP contribution in [0.15, 0.2) is 24.4 Å². The van der Waals surface area contributed by atoms with Gasteiger partial charge in [-0.05, 0) is 37.1 Å². The summed E-state index contributed by atoms with van der Waals surface area (Å²) in [6.07, 6.45) is 3.37. The van der Waals surface area contributed by atoms with Crippen molar-refractivity contribution >= 4 is 16.9 Å². The summed E-state index contributed by atoms with van der Waals surface area (Å²) in [7, 11) is 1.91. The largest absolute Gasteiger partial charge is 0.361 e. The van der Waals surface area contributed by atoms with Gasteiger partial charge in [-0.3, -0.25) is 0 Å². The number of nitrogens with one attached hydrogen (secondary N) is 2. The monoisotopic (exact) mass is 384 g/mol. The Labute approximate surface area is 153 Å². The first kappa shape index (κ1) is 18.1. The van der Waals surface area contributed by atoms with Crippen LogP contribution in [0.1, 0.15) is 23.5 Å². The lowest BCUT2D eigenvalue weighted by molar-refractivity contribution is -0.108. The Morgan fingerprint density at radius 1 is 1.30 bits per heavy atom. The molecule has 1 aliphatic carbocycles. The zero-order valence-corrected chi connectivity index (χ0v) is 14.6. The van der Waals surface area contributed by atoms with Crippen molar-refractivity contribution in [1.29, 1.82) is 0 Å². The smallest absolute Gasteiger partial charge is 0.326 e. The average molecular weight is 384 g/mol. The quantitative estimate of drug-likeness (QED) is 0.630. The first-order valence-electron chi connectivity index (χ1n) is 8.81. The second kappa shape index (κ2) is 6.70. The molecule has 0 bridgehead atoms. The number of hydrogen-bond donors (Lipinski definition) is 2. The molecule has 3 unspecified atom stereocenters. The fourth-order valence-corrected chi connectivity index (χ4v) is 4.56. The van der Waals surface area contributed by atoms with Crippen molar-refractivity contribution in [2.75, 3.05) is 13.6 Å². The lowest BCUT2D eigenvalue weighted by Gasteiger charge is -2.45. The number of hydrogen-bond acceptors (Lipinski definition) is 2. The van der Waals surface area contributed by atoms with Gasteiger partial charge in [-0.25, -0.2) is 9.69 Å². The topological polar surface area (TPSA) is 51.4 Å². The second-order valence-electron chi connectivity index (χ2n) is 7.25. The molecule has 0 radical (unpaired) electrons. The fourth-order valence-electron chi connectivity index (χ4n) is 4.56. The molecule has 1 fully saturated rings. The van der Waals surface area contributed by atoms with Crippen LogP contribution in [0.3, 0.4) is 0 Å². The lowest BCUT2D eigenvalue weighted by Crippen LogP contribution is -2.57. The van der Waals surface area contributed by atoms with Crippen LogP contribution in [0.25, 0.3) is 10.9 Å². The van der Waals surface area contributed by atoms with Gasteiger partial charge in [0.25, 0.3) is 0 Å². The van der Waals surface area contributed by atoms with Gasteiger partial charge in [-0.2, -0.15) is 17.6 Å². The highest BCUT2D eigenvalue weighted by Gasteiger charge is 2.41. The van der Waals surface area contributed by atoms with E-state index in [0.29, 0.717) is 13.0 Å². The van der Waals surface area contributed by atoms with Gasteiger partial charge >= 0.3 is 19.1 Å². The molecular formula is C18H20F4N4O. The Hall–Kier alpha value is -2.29. The number of carbonyl (C=O) groups is 1. The van der Waals surface area contributed by atoms with E-state index in [1.165, 1.54) is 10.9 Å². The number of H-pyrrole nitrogens is 1. The summed E-state index contributed by atoms with van der Waals surface area (Å²) >= 11 is 0. The third-order valence-electron chi connectivity index (χ3n) is 5.71. The van der Waals surface area contributed by atoms with Crippen LogP contribution in [0.4, 0.5) is 22.4 Å². The molecule has 0 spiro atoms. The summed E-state index contributed by atoms with van der Waals surface area (Å²) in [6.45, 7) is -6.68. The van der Waals surface area contributed by atoms with E-state index in [9.17, 15) is 22.4 Å². The second-order valence-corrected chi connectivity index (χ2v) is 7.25. The molecule has 2 N–H and O–H groups in total. The van der Waals surface area contributed by atoms with E-state index >= 15 is 0 Å². The summed E-state index contributed by atoms with van der Waals surface area (Å²) in [4.78, 5) is 16.6. The van der Waals surface area contributed by atoms with Crippen molar-refractivity contribution in [1.82, 2.24) is 20.1 Å². The number of amides is 2. The summed E-state index contributed by atoms with van der Waals surface area (Å²) in [5, 5.41) is 3.54. The van der Waals surface area contributed by atoms with E-state index < -0.39 is 30.1 Å². The Kier molecular flexibility index (Phi) is 4.49. The molecule has 1 aromatic carbocycles. The molecule has 4 rings (SSSR count). The Balaban J connectivity index is 1.58. The van der Waals surface area contributed by atoms with Crippen LogP contribution < -0.4 is 5.32 Å². The highest BCUT2D eigenvalue weighted by Crippen LogP contribution is 2.42. The molecule has 1 aromatic heterocycles.